The molecule has 0 atom stereocenters. The van der Waals surface area contributed by atoms with Gasteiger partial charge in [0, 0.05) is 5.39 Å². The number of ether oxygens (including phenoxy) is 2. The summed E-state index contributed by atoms with van der Waals surface area (Å²) in [6.07, 6.45) is -0.353. The van der Waals surface area contributed by atoms with E-state index in [0.717, 1.165) is 22.2 Å². The van der Waals surface area contributed by atoms with Gasteiger partial charge >= 0.3 is 6.09 Å². The van der Waals surface area contributed by atoms with Crippen LogP contribution >= 0.6 is 0 Å². The lowest BCUT2D eigenvalue weighted by Crippen LogP contribution is -2.32. The smallest absolute Gasteiger partial charge is 0.418 e. The molecule has 0 amide bonds. The van der Waals surface area contributed by atoms with Gasteiger partial charge in [-0.25, -0.2) is 4.79 Å². The Hall–Kier alpha value is -1.91. The Labute approximate surface area is 120 Å². The van der Waals surface area contributed by atoms with Crippen molar-refractivity contribution in [3.63, 3.8) is 0 Å². The maximum absolute atomic E-state index is 12.3. The van der Waals surface area contributed by atoms with Crippen LogP contribution in [0.5, 0.6) is 5.75 Å². The molecule has 1 aromatic heterocycles. The summed E-state index contributed by atoms with van der Waals surface area (Å²) in [6.45, 7) is 8.15. The number of carbonyl (C=O) groups is 1. The molecule has 2 rings (SSSR count). The first-order valence-corrected chi connectivity index (χ1v) is 6.80. The van der Waals surface area contributed by atoms with Gasteiger partial charge in [0.2, 0.25) is 0 Å². The number of fused-ring (bicyclic) bond motifs is 1. The van der Waals surface area contributed by atoms with E-state index in [1.807, 2.05) is 59.8 Å². The molecule has 20 heavy (non-hydrogen) atoms. The fourth-order valence-corrected chi connectivity index (χ4v) is 2.14. The van der Waals surface area contributed by atoms with E-state index in [4.69, 9.17) is 9.47 Å². The van der Waals surface area contributed by atoms with Gasteiger partial charge in [-0.05, 0) is 57.6 Å². The SMILES string of the molecule is Bc1cc2cc(OCC)ccc2n1C(=O)OC(C)(C)C. The molecule has 0 radical (unpaired) electrons. The number of carbonyl (C=O) groups excluding carboxylic acids is 1. The molecule has 4 nitrogen and oxygen atoms in total. The summed E-state index contributed by atoms with van der Waals surface area (Å²) in [6, 6.07) is 7.65. The van der Waals surface area contributed by atoms with Gasteiger partial charge < -0.3 is 9.47 Å². The largest absolute Gasteiger partial charge is 0.494 e. The van der Waals surface area contributed by atoms with E-state index in [1.165, 1.54) is 0 Å². The van der Waals surface area contributed by atoms with Crippen LogP contribution in [0.3, 0.4) is 0 Å². The minimum absolute atomic E-state index is 0.353. The zero-order valence-electron chi connectivity index (χ0n) is 12.7. The van der Waals surface area contributed by atoms with Crippen molar-refractivity contribution >= 4 is 30.4 Å². The second kappa shape index (κ2) is 5.23. The van der Waals surface area contributed by atoms with E-state index in [2.05, 4.69) is 0 Å². The molecular weight excluding hydrogens is 253 g/mol. The molecule has 0 bridgehead atoms. The van der Waals surface area contributed by atoms with Crippen LogP contribution in [0, 0.1) is 0 Å². The molecule has 0 aliphatic rings. The zero-order valence-corrected chi connectivity index (χ0v) is 12.7. The van der Waals surface area contributed by atoms with Crippen LogP contribution in [0.4, 0.5) is 4.79 Å². The first-order chi connectivity index (χ1) is 9.31. The van der Waals surface area contributed by atoms with Gasteiger partial charge in [-0.1, -0.05) is 0 Å². The van der Waals surface area contributed by atoms with E-state index >= 15 is 0 Å². The highest BCUT2D eigenvalue weighted by Crippen LogP contribution is 2.22. The maximum atomic E-state index is 12.3. The number of nitrogens with zero attached hydrogens (tertiary/aromatic N) is 1. The Balaban J connectivity index is 2.44. The van der Waals surface area contributed by atoms with E-state index in [0.29, 0.717) is 6.61 Å². The molecule has 0 aliphatic heterocycles. The van der Waals surface area contributed by atoms with Crippen LogP contribution < -0.4 is 10.3 Å². The zero-order chi connectivity index (χ0) is 14.9. The average Bonchev–Trinajstić information content (AvgIpc) is 2.62. The molecule has 0 spiro atoms. The molecular formula is C15H20BNO3. The van der Waals surface area contributed by atoms with Crippen molar-refractivity contribution in [2.45, 2.75) is 33.3 Å². The number of hydrogen-bond acceptors (Lipinski definition) is 3. The minimum Gasteiger partial charge on any atom is -0.494 e. The molecule has 1 aromatic carbocycles. The lowest BCUT2D eigenvalue weighted by molar-refractivity contribution is 0.0549. The average molecular weight is 273 g/mol. The van der Waals surface area contributed by atoms with Crippen molar-refractivity contribution in [3.05, 3.63) is 24.3 Å². The lowest BCUT2D eigenvalue weighted by Gasteiger charge is -2.20. The summed E-state index contributed by atoms with van der Waals surface area (Å²) in [7, 11) is 1.89. The molecule has 0 N–H and O–H groups in total. The van der Waals surface area contributed by atoms with Crippen molar-refractivity contribution in [1.29, 1.82) is 0 Å². The van der Waals surface area contributed by atoms with Crippen LogP contribution in [0.2, 0.25) is 0 Å². The number of aromatic nitrogens is 1. The molecule has 1 heterocycles. The highest BCUT2D eigenvalue weighted by molar-refractivity contribution is 6.34. The van der Waals surface area contributed by atoms with E-state index in [1.54, 1.807) is 4.57 Å². The van der Waals surface area contributed by atoms with Crippen molar-refractivity contribution < 1.29 is 14.3 Å². The summed E-state index contributed by atoms with van der Waals surface area (Å²) in [5, 5.41) is 0.972. The second-order valence-corrected chi connectivity index (χ2v) is 5.76. The number of rotatable bonds is 2. The van der Waals surface area contributed by atoms with Crippen LogP contribution in [0.15, 0.2) is 24.3 Å². The third-order valence-electron chi connectivity index (χ3n) is 2.84. The predicted molar refractivity (Wildman–Crippen MR) is 82.9 cm³/mol. The van der Waals surface area contributed by atoms with Gasteiger partial charge in [0.25, 0.3) is 0 Å². The Morgan fingerprint density at radius 3 is 2.60 bits per heavy atom. The molecule has 0 unspecified atom stereocenters. The topological polar surface area (TPSA) is 40.5 Å². The molecule has 0 saturated carbocycles. The standard InChI is InChI=1S/C15H20BNO3/c1-5-19-11-6-7-12-10(8-11)9-13(16)17(12)14(18)20-15(2,3)4/h6-9H,5,16H2,1-4H3. The number of hydrogen-bond donors (Lipinski definition) is 0. The summed E-state index contributed by atoms with van der Waals surface area (Å²) < 4.78 is 12.5. The summed E-state index contributed by atoms with van der Waals surface area (Å²) in [5.41, 5.74) is 1.17. The molecule has 0 aliphatic carbocycles. The quantitative estimate of drug-likeness (QED) is 0.786. The van der Waals surface area contributed by atoms with Gasteiger partial charge in [0.1, 0.15) is 11.4 Å². The molecule has 0 fully saturated rings. The van der Waals surface area contributed by atoms with E-state index in [-0.39, 0.29) is 6.09 Å². The lowest BCUT2D eigenvalue weighted by atomic mass is 10.1. The van der Waals surface area contributed by atoms with Gasteiger partial charge in [0.05, 0.1) is 12.1 Å². The van der Waals surface area contributed by atoms with Crippen molar-refractivity contribution in [2.24, 2.45) is 0 Å². The van der Waals surface area contributed by atoms with Gasteiger partial charge in [-0.15, -0.1) is 0 Å². The van der Waals surface area contributed by atoms with Crippen molar-refractivity contribution in [2.75, 3.05) is 6.61 Å². The monoisotopic (exact) mass is 273 g/mol. The van der Waals surface area contributed by atoms with Crippen molar-refractivity contribution in [3.8, 4) is 5.75 Å². The highest BCUT2D eigenvalue weighted by atomic mass is 16.6. The van der Waals surface area contributed by atoms with Crippen LogP contribution in [0.1, 0.15) is 27.7 Å². The Kier molecular flexibility index (Phi) is 3.79. The minimum atomic E-state index is -0.509. The molecule has 5 heteroatoms. The van der Waals surface area contributed by atoms with Gasteiger partial charge in [-0.3, -0.25) is 4.57 Å². The van der Waals surface area contributed by atoms with Gasteiger partial charge in [0.15, 0.2) is 7.85 Å². The Bertz CT molecular complexity index is 640. The first kappa shape index (κ1) is 14.5. The maximum Gasteiger partial charge on any atom is 0.418 e. The summed E-state index contributed by atoms with van der Waals surface area (Å²) in [5.74, 6) is 0.807. The predicted octanol–water partition coefficient (Wildman–Crippen LogP) is 2.08. The van der Waals surface area contributed by atoms with Crippen LogP contribution in [-0.4, -0.2) is 30.7 Å². The van der Waals surface area contributed by atoms with Crippen LogP contribution in [-0.2, 0) is 4.74 Å². The second-order valence-electron chi connectivity index (χ2n) is 5.76. The van der Waals surface area contributed by atoms with Crippen LogP contribution in [0.25, 0.3) is 10.9 Å². The molecule has 2 aromatic rings. The van der Waals surface area contributed by atoms with Gasteiger partial charge in [-0.2, -0.15) is 0 Å². The molecule has 106 valence electrons. The number of benzene rings is 1. The fraction of sp³-hybridized carbons (Fsp3) is 0.400. The highest BCUT2D eigenvalue weighted by Gasteiger charge is 2.20. The first-order valence-electron chi connectivity index (χ1n) is 6.80. The third-order valence-corrected chi connectivity index (χ3v) is 2.84. The Morgan fingerprint density at radius 2 is 2.00 bits per heavy atom. The molecule has 0 saturated heterocycles. The summed E-state index contributed by atoms with van der Waals surface area (Å²) >= 11 is 0. The Morgan fingerprint density at radius 1 is 1.30 bits per heavy atom. The normalized spacial score (nSPS) is 11.6. The van der Waals surface area contributed by atoms with E-state index in [9.17, 15) is 4.79 Å². The summed E-state index contributed by atoms with van der Waals surface area (Å²) in [4.78, 5) is 12.3. The fourth-order valence-electron chi connectivity index (χ4n) is 2.14. The van der Waals surface area contributed by atoms with Crippen molar-refractivity contribution in [1.82, 2.24) is 4.57 Å². The third kappa shape index (κ3) is 2.98. The van der Waals surface area contributed by atoms with E-state index < -0.39 is 5.60 Å².